The number of carbonyl (C=O) groups excluding carboxylic acids is 1. The summed E-state index contributed by atoms with van der Waals surface area (Å²) in [5, 5.41) is 12.2. The highest BCUT2D eigenvalue weighted by molar-refractivity contribution is 5.80. The van der Waals surface area contributed by atoms with E-state index in [0.717, 1.165) is 25.7 Å². The van der Waals surface area contributed by atoms with Crippen LogP contribution in [0, 0.1) is 5.92 Å². The lowest BCUT2D eigenvalue weighted by atomic mass is 9.87. The topological polar surface area (TPSA) is 84.6 Å². The van der Waals surface area contributed by atoms with Gasteiger partial charge in [-0.05, 0) is 31.6 Å². The quantitative estimate of drug-likeness (QED) is 0.601. The molecule has 0 aromatic rings. The van der Waals surface area contributed by atoms with Crippen molar-refractivity contribution in [3.8, 4) is 0 Å². The molecule has 94 valence electrons. The van der Waals surface area contributed by atoms with E-state index in [0.29, 0.717) is 12.5 Å². The summed E-state index contributed by atoms with van der Waals surface area (Å²) in [6, 6.07) is 0. The Morgan fingerprint density at radius 3 is 2.62 bits per heavy atom. The second kappa shape index (κ2) is 6.83. The Morgan fingerprint density at radius 1 is 1.50 bits per heavy atom. The van der Waals surface area contributed by atoms with E-state index < -0.39 is 6.10 Å². The molecule has 1 amide bonds. The van der Waals surface area contributed by atoms with Crippen LogP contribution in [-0.4, -0.2) is 43.4 Å². The van der Waals surface area contributed by atoms with E-state index in [2.05, 4.69) is 5.32 Å². The van der Waals surface area contributed by atoms with Crippen molar-refractivity contribution in [1.82, 2.24) is 5.32 Å². The van der Waals surface area contributed by atoms with E-state index in [4.69, 9.17) is 10.5 Å². The fourth-order valence-corrected chi connectivity index (χ4v) is 2.02. The third kappa shape index (κ3) is 4.08. The average Bonchev–Trinajstić information content (AvgIpc) is 2.30. The van der Waals surface area contributed by atoms with Gasteiger partial charge in [0.1, 0.15) is 6.10 Å². The Hall–Kier alpha value is -0.650. The Morgan fingerprint density at radius 2 is 2.12 bits per heavy atom. The van der Waals surface area contributed by atoms with Crippen molar-refractivity contribution in [1.29, 1.82) is 0 Å². The van der Waals surface area contributed by atoms with Crippen molar-refractivity contribution in [3.05, 3.63) is 0 Å². The minimum absolute atomic E-state index is 0.142. The van der Waals surface area contributed by atoms with Crippen molar-refractivity contribution in [3.63, 3.8) is 0 Å². The fourth-order valence-electron chi connectivity index (χ4n) is 2.02. The maximum atomic E-state index is 11.5. The van der Waals surface area contributed by atoms with Crippen molar-refractivity contribution in [2.45, 2.75) is 37.9 Å². The van der Waals surface area contributed by atoms with Gasteiger partial charge in [-0.2, -0.15) is 0 Å². The molecule has 0 radical (unpaired) electrons. The minimum atomic E-state index is -0.547. The smallest absolute Gasteiger partial charge is 0.250 e. The Kier molecular flexibility index (Phi) is 5.73. The van der Waals surface area contributed by atoms with E-state index in [1.165, 1.54) is 7.11 Å². The molecule has 0 bridgehead atoms. The zero-order chi connectivity index (χ0) is 12.0. The lowest BCUT2D eigenvalue weighted by molar-refractivity contribution is -0.130. The van der Waals surface area contributed by atoms with Gasteiger partial charge < -0.3 is 20.9 Å². The predicted molar refractivity (Wildman–Crippen MR) is 60.8 cm³/mol. The summed E-state index contributed by atoms with van der Waals surface area (Å²) in [7, 11) is 1.48. The third-order valence-electron chi connectivity index (χ3n) is 3.17. The molecule has 16 heavy (non-hydrogen) atoms. The molecule has 1 fully saturated rings. The van der Waals surface area contributed by atoms with Gasteiger partial charge in [-0.15, -0.1) is 0 Å². The molecular formula is C11H22N2O3. The number of aliphatic hydroxyl groups excluding tert-OH is 1. The molecule has 0 aliphatic heterocycles. The highest BCUT2D eigenvalue weighted by Crippen LogP contribution is 2.23. The molecule has 1 rings (SSSR count). The molecule has 0 aromatic heterocycles. The lowest BCUT2D eigenvalue weighted by Gasteiger charge is -2.26. The normalized spacial score (nSPS) is 27.4. The first-order chi connectivity index (χ1) is 7.67. The van der Waals surface area contributed by atoms with Gasteiger partial charge in [0.05, 0.1) is 6.10 Å². The van der Waals surface area contributed by atoms with E-state index in [1.807, 2.05) is 0 Å². The second-order valence-electron chi connectivity index (χ2n) is 4.38. The van der Waals surface area contributed by atoms with Gasteiger partial charge >= 0.3 is 0 Å². The van der Waals surface area contributed by atoms with Crippen LogP contribution in [0.2, 0.25) is 0 Å². The zero-order valence-corrected chi connectivity index (χ0v) is 9.82. The maximum absolute atomic E-state index is 11.5. The van der Waals surface area contributed by atoms with E-state index in [9.17, 15) is 9.90 Å². The zero-order valence-electron chi connectivity index (χ0n) is 9.82. The predicted octanol–water partition coefficient (Wildman–Crippen LogP) is -0.373. The van der Waals surface area contributed by atoms with Gasteiger partial charge in [-0.25, -0.2) is 0 Å². The van der Waals surface area contributed by atoms with E-state index in [1.54, 1.807) is 0 Å². The van der Waals surface area contributed by atoms with Crippen molar-refractivity contribution >= 4 is 5.91 Å². The molecule has 5 heteroatoms. The minimum Gasteiger partial charge on any atom is -0.393 e. The van der Waals surface area contributed by atoms with Crippen LogP contribution < -0.4 is 11.1 Å². The second-order valence-corrected chi connectivity index (χ2v) is 4.38. The number of hydrogen-bond acceptors (Lipinski definition) is 4. The standard InChI is InChI=1S/C11H22N2O3/c1-16-10(6-12)11(15)13-7-8-2-4-9(14)5-3-8/h8-10,14H,2-7,12H2,1H3,(H,13,15). The van der Waals surface area contributed by atoms with Crippen molar-refractivity contribution in [2.75, 3.05) is 20.2 Å². The Bertz CT molecular complexity index is 211. The van der Waals surface area contributed by atoms with E-state index >= 15 is 0 Å². The number of amides is 1. The Balaban J connectivity index is 2.21. The summed E-state index contributed by atoms with van der Waals surface area (Å²) < 4.78 is 4.94. The van der Waals surface area contributed by atoms with Gasteiger partial charge in [0.15, 0.2) is 0 Å². The van der Waals surface area contributed by atoms with Gasteiger partial charge in [0, 0.05) is 20.2 Å². The summed E-state index contributed by atoms with van der Waals surface area (Å²) in [6.07, 6.45) is 2.93. The maximum Gasteiger partial charge on any atom is 0.250 e. The van der Waals surface area contributed by atoms with Gasteiger partial charge in [0.2, 0.25) is 5.91 Å². The van der Waals surface area contributed by atoms with Crippen LogP contribution in [0.1, 0.15) is 25.7 Å². The SMILES string of the molecule is COC(CN)C(=O)NCC1CCC(O)CC1. The van der Waals surface area contributed by atoms with Crippen LogP contribution in [-0.2, 0) is 9.53 Å². The first-order valence-corrected chi connectivity index (χ1v) is 5.86. The molecule has 5 nitrogen and oxygen atoms in total. The Labute approximate surface area is 96.3 Å². The number of ether oxygens (including phenoxy) is 1. The number of rotatable bonds is 5. The monoisotopic (exact) mass is 230 g/mol. The lowest BCUT2D eigenvalue weighted by Crippen LogP contribution is -2.42. The summed E-state index contributed by atoms with van der Waals surface area (Å²) in [5.74, 6) is 0.332. The van der Waals surface area contributed by atoms with Gasteiger partial charge in [-0.3, -0.25) is 4.79 Å². The van der Waals surface area contributed by atoms with Crippen LogP contribution in [0.4, 0.5) is 0 Å². The highest BCUT2D eigenvalue weighted by atomic mass is 16.5. The average molecular weight is 230 g/mol. The van der Waals surface area contributed by atoms with Crippen LogP contribution in [0.3, 0.4) is 0 Å². The third-order valence-corrected chi connectivity index (χ3v) is 3.17. The fraction of sp³-hybridized carbons (Fsp3) is 0.909. The van der Waals surface area contributed by atoms with Gasteiger partial charge in [0.25, 0.3) is 0 Å². The largest absolute Gasteiger partial charge is 0.393 e. The molecule has 1 atom stereocenters. The molecule has 0 aromatic carbocycles. The molecule has 1 aliphatic carbocycles. The summed E-state index contributed by atoms with van der Waals surface area (Å²) in [5.41, 5.74) is 5.39. The van der Waals surface area contributed by atoms with Gasteiger partial charge in [-0.1, -0.05) is 0 Å². The van der Waals surface area contributed by atoms with Crippen molar-refractivity contribution in [2.24, 2.45) is 11.7 Å². The highest BCUT2D eigenvalue weighted by Gasteiger charge is 2.21. The number of aliphatic hydroxyl groups is 1. The van der Waals surface area contributed by atoms with Crippen LogP contribution in [0.15, 0.2) is 0 Å². The number of carbonyl (C=O) groups is 1. The number of hydrogen-bond donors (Lipinski definition) is 3. The summed E-state index contributed by atoms with van der Waals surface area (Å²) in [6.45, 7) is 0.858. The van der Waals surface area contributed by atoms with Crippen LogP contribution >= 0.6 is 0 Å². The summed E-state index contributed by atoms with van der Waals surface area (Å²) in [4.78, 5) is 11.5. The van der Waals surface area contributed by atoms with Crippen molar-refractivity contribution < 1.29 is 14.6 Å². The molecule has 0 spiro atoms. The first kappa shape index (κ1) is 13.4. The molecular weight excluding hydrogens is 208 g/mol. The molecule has 0 heterocycles. The number of nitrogens with two attached hydrogens (primary N) is 1. The molecule has 0 saturated heterocycles. The number of methoxy groups -OCH3 is 1. The summed E-state index contributed by atoms with van der Waals surface area (Å²) >= 11 is 0. The first-order valence-electron chi connectivity index (χ1n) is 5.86. The molecule has 1 aliphatic rings. The molecule has 1 saturated carbocycles. The van der Waals surface area contributed by atoms with Crippen LogP contribution in [0.5, 0.6) is 0 Å². The van der Waals surface area contributed by atoms with E-state index in [-0.39, 0.29) is 18.6 Å². The number of nitrogens with one attached hydrogen (secondary N) is 1. The molecule has 4 N–H and O–H groups in total. The molecule has 1 unspecified atom stereocenters. The van der Waals surface area contributed by atoms with Crippen LogP contribution in [0.25, 0.3) is 0 Å².